The maximum Gasteiger partial charge on any atom is 0.338 e. The first-order valence-electron chi connectivity index (χ1n) is 7.54. The minimum absolute atomic E-state index is 0. The van der Waals surface area contributed by atoms with Gasteiger partial charge in [-0.3, -0.25) is 20.2 Å². The van der Waals surface area contributed by atoms with Crippen molar-refractivity contribution in [2.45, 2.75) is 0 Å². The molecule has 0 atom stereocenters. The summed E-state index contributed by atoms with van der Waals surface area (Å²) in [5.41, 5.74) is 2.63. The lowest BCUT2D eigenvalue weighted by molar-refractivity contribution is -0.387. The second kappa shape index (κ2) is 13.4. The molecule has 0 heterocycles. The number of nitro groups is 2. The van der Waals surface area contributed by atoms with E-state index in [1.165, 1.54) is 32.3 Å². The number of halogens is 2. The fraction of sp³-hybridized carbons (Fsp3) is 0.125. The minimum atomic E-state index is -1.53. The Hall–Kier alpha value is -3.84. The summed E-state index contributed by atoms with van der Waals surface area (Å²) in [5, 5.41) is 40.4. The number of hydrogen-bond donors (Lipinski definition) is 4. The molecule has 0 saturated heterocycles. The van der Waals surface area contributed by atoms with Gasteiger partial charge in [-0.15, -0.1) is 12.4 Å². The zero-order chi connectivity index (χ0) is 22.7. The Kier molecular flexibility index (Phi) is 12.6. The number of para-hydroxylation sites is 1. The van der Waals surface area contributed by atoms with Gasteiger partial charge >= 0.3 is 17.6 Å². The molecule has 0 saturated carbocycles. The molecule has 2 rings (SSSR count). The number of carboxylic acids is 2. The SMILES string of the molecule is CN.CNc1c(C(=O)O)cccc1[N+](=O)[O-].Cl.O=C(O)c1cccc([N+](=O)[O-])c1F. The van der Waals surface area contributed by atoms with Crippen molar-refractivity contribution in [2.24, 2.45) is 5.73 Å². The molecule has 164 valence electrons. The van der Waals surface area contributed by atoms with Crippen LogP contribution in [0.1, 0.15) is 20.7 Å². The first-order valence-corrected chi connectivity index (χ1v) is 7.54. The van der Waals surface area contributed by atoms with Crippen molar-refractivity contribution in [1.29, 1.82) is 0 Å². The van der Waals surface area contributed by atoms with Gasteiger partial charge < -0.3 is 21.3 Å². The Labute approximate surface area is 174 Å². The number of nitrogens with one attached hydrogen (secondary N) is 1. The average Bonchev–Trinajstić information content (AvgIpc) is 2.68. The number of nitro benzene ring substituents is 2. The van der Waals surface area contributed by atoms with Gasteiger partial charge in [0.05, 0.1) is 15.4 Å². The molecule has 0 aliphatic carbocycles. The molecule has 0 bridgehead atoms. The van der Waals surface area contributed by atoms with E-state index in [1.807, 2.05) is 0 Å². The predicted molar refractivity (Wildman–Crippen MR) is 107 cm³/mol. The van der Waals surface area contributed by atoms with E-state index in [9.17, 15) is 34.2 Å². The van der Waals surface area contributed by atoms with Crippen molar-refractivity contribution >= 4 is 41.4 Å². The summed E-state index contributed by atoms with van der Waals surface area (Å²) in [6.45, 7) is 0. The molecule has 12 nitrogen and oxygen atoms in total. The summed E-state index contributed by atoms with van der Waals surface area (Å²) in [4.78, 5) is 40.1. The topological polar surface area (TPSA) is 199 Å². The van der Waals surface area contributed by atoms with Crippen molar-refractivity contribution in [2.75, 3.05) is 19.4 Å². The summed E-state index contributed by atoms with van der Waals surface area (Å²) in [6, 6.07) is 6.87. The number of benzene rings is 2. The summed E-state index contributed by atoms with van der Waals surface area (Å²) in [7, 11) is 2.94. The zero-order valence-electron chi connectivity index (χ0n) is 15.6. The second-order valence-electron chi connectivity index (χ2n) is 4.71. The van der Waals surface area contributed by atoms with E-state index in [2.05, 4.69) is 11.1 Å². The van der Waals surface area contributed by atoms with Crippen LogP contribution in [-0.2, 0) is 0 Å². The van der Waals surface area contributed by atoms with E-state index in [4.69, 9.17) is 10.2 Å². The average molecular weight is 449 g/mol. The maximum atomic E-state index is 13.0. The van der Waals surface area contributed by atoms with Gasteiger partial charge in [0.25, 0.3) is 5.69 Å². The fourth-order valence-electron chi connectivity index (χ4n) is 1.96. The van der Waals surface area contributed by atoms with Crippen LogP contribution >= 0.6 is 12.4 Å². The smallest absolute Gasteiger partial charge is 0.338 e. The monoisotopic (exact) mass is 448 g/mol. The minimum Gasteiger partial charge on any atom is -0.478 e. The Balaban J connectivity index is 0. The molecule has 0 radical (unpaired) electrons. The lowest BCUT2D eigenvalue weighted by Gasteiger charge is -2.04. The van der Waals surface area contributed by atoms with Gasteiger partial charge in [0.1, 0.15) is 11.3 Å². The predicted octanol–water partition coefficient (Wildman–Crippen LogP) is 2.76. The van der Waals surface area contributed by atoms with Gasteiger partial charge in [-0.25, -0.2) is 9.59 Å². The molecule has 2 aromatic carbocycles. The van der Waals surface area contributed by atoms with E-state index < -0.39 is 38.9 Å². The van der Waals surface area contributed by atoms with Gasteiger partial charge in [0.2, 0.25) is 5.82 Å². The van der Waals surface area contributed by atoms with E-state index in [0.717, 1.165) is 18.2 Å². The zero-order valence-corrected chi connectivity index (χ0v) is 16.4. The van der Waals surface area contributed by atoms with Gasteiger partial charge in [-0.2, -0.15) is 4.39 Å². The van der Waals surface area contributed by atoms with Crippen LogP contribution in [0.25, 0.3) is 0 Å². The largest absolute Gasteiger partial charge is 0.478 e. The molecule has 2 aromatic rings. The number of rotatable bonds is 5. The van der Waals surface area contributed by atoms with Crippen LogP contribution in [0, 0.1) is 26.0 Å². The van der Waals surface area contributed by atoms with Gasteiger partial charge in [-0.05, 0) is 19.2 Å². The van der Waals surface area contributed by atoms with Crippen molar-refractivity contribution in [1.82, 2.24) is 0 Å². The molecule has 14 heteroatoms. The van der Waals surface area contributed by atoms with Crippen LogP contribution in [0.15, 0.2) is 36.4 Å². The Morgan fingerprint density at radius 2 is 1.33 bits per heavy atom. The maximum absolute atomic E-state index is 13.0. The summed E-state index contributed by atoms with van der Waals surface area (Å²) >= 11 is 0. The highest BCUT2D eigenvalue weighted by atomic mass is 35.5. The quantitative estimate of drug-likeness (QED) is 0.389. The highest BCUT2D eigenvalue weighted by Gasteiger charge is 2.21. The molecule has 0 amide bonds. The molecular formula is C16H18ClFN4O8. The van der Waals surface area contributed by atoms with Crippen molar-refractivity contribution in [3.8, 4) is 0 Å². The standard InChI is InChI=1S/C8H8N2O4.C7H4FNO4.CH5N.ClH/c1-9-7-5(8(11)12)3-2-4-6(7)10(13)14;8-6-4(7(10)11)2-1-3-5(6)9(12)13;1-2;/h2-4,9H,1H3,(H,11,12);1-3H,(H,10,11);2H2,1H3;1H. The fourth-order valence-corrected chi connectivity index (χ4v) is 1.96. The number of hydrogen-bond acceptors (Lipinski definition) is 8. The van der Waals surface area contributed by atoms with Crippen LogP contribution in [0.3, 0.4) is 0 Å². The number of nitrogens with two attached hydrogens (primary N) is 1. The summed E-state index contributed by atoms with van der Waals surface area (Å²) in [6.07, 6.45) is 0. The van der Waals surface area contributed by atoms with E-state index in [-0.39, 0.29) is 29.3 Å². The van der Waals surface area contributed by atoms with Crippen LogP contribution < -0.4 is 11.1 Å². The summed E-state index contributed by atoms with van der Waals surface area (Å²) in [5.74, 6) is -4.04. The van der Waals surface area contributed by atoms with Crippen molar-refractivity contribution in [3.05, 3.63) is 73.6 Å². The molecule has 30 heavy (non-hydrogen) atoms. The van der Waals surface area contributed by atoms with Crippen LogP contribution in [-0.4, -0.2) is 46.1 Å². The molecule has 0 fully saturated rings. The first kappa shape index (κ1) is 28.4. The molecule has 0 aromatic heterocycles. The lowest BCUT2D eigenvalue weighted by atomic mass is 10.1. The van der Waals surface area contributed by atoms with E-state index in [0.29, 0.717) is 0 Å². The normalized spacial score (nSPS) is 8.80. The van der Waals surface area contributed by atoms with Crippen LogP contribution in [0.5, 0.6) is 0 Å². The number of nitrogens with zero attached hydrogens (tertiary/aromatic N) is 2. The van der Waals surface area contributed by atoms with Crippen LogP contribution in [0.2, 0.25) is 0 Å². The Morgan fingerprint density at radius 3 is 1.70 bits per heavy atom. The molecular weight excluding hydrogens is 431 g/mol. The molecule has 0 aliphatic heterocycles. The third kappa shape index (κ3) is 7.29. The van der Waals surface area contributed by atoms with Crippen molar-refractivity contribution in [3.63, 3.8) is 0 Å². The van der Waals surface area contributed by atoms with Gasteiger partial charge in [0.15, 0.2) is 0 Å². The number of aromatic carboxylic acids is 2. The molecule has 0 spiro atoms. The van der Waals surface area contributed by atoms with E-state index >= 15 is 0 Å². The third-order valence-corrected chi connectivity index (χ3v) is 3.13. The van der Waals surface area contributed by atoms with Crippen LogP contribution in [0.4, 0.5) is 21.5 Å². The number of anilines is 1. The molecule has 0 aliphatic rings. The number of carbonyl (C=O) groups is 2. The lowest BCUT2D eigenvalue weighted by Crippen LogP contribution is -2.05. The Bertz CT molecular complexity index is 862. The van der Waals surface area contributed by atoms with Gasteiger partial charge in [0, 0.05) is 19.2 Å². The number of carboxylic acid groups (broad SMARTS) is 2. The Morgan fingerprint density at radius 1 is 0.933 bits per heavy atom. The summed E-state index contributed by atoms with van der Waals surface area (Å²) < 4.78 is 13.0. The highest BCUT2D eigenvalue weighted by molar-refractivity contribution is 5.96. The third-order valence-electron chi connectivity index (χ3n) is 3.13. The van der Waals surface area contributed by atoms with E-state index in [1.54, 1.807) is 0 Å². The molecule has 0 unspecified atom stereocenters. The van der Waals surface area contributed by atoms with Crippen molar-refractivity contribution < 1.29 is 34.0 Å². The molecule has 5 N–H and O–H groups in total. The highest BCUT2D eigenvalue weighted by Crippen LogP contribution is 2.27. The first-order chi connectivity index (χ1) is 13.6. The second-order valence-corrected chi connectivity index (χ2v) is 4.71. The van der Waals surface area contributed by atoms with Gasteiger partial charge in [-0.1, -0.05) is 12.1 Å².